The standard InChI is InChI=1S/C12H23N5S/c1-10(17-8-6-16(3)7-9-17)4-5-13-12-15-14-11(2)18-12/h10H,4-9H2,1-3H3,(H,13,15). The van der Waals surface area contributed by atoms with E-state index in [0.29, 0.717) is 6.04 Å². The molecule has 0 bridgehead atoms. The van der Waals surface area contributed by atoms with Gasteiger partial charge in [0, 0.05) is 38.8 Å². The molecule has 2 heterocycles. The number of hydrogen-bond acceptors (Lipinski definition) is 6. The summed E-state index contributed by atoms with van der Waals surface area (Å²) < 4.78 is 0. The lowest BCUT2D eigenvalue weighted by Crippen LogP contribution is -2.48. The zero-order valence-corrected chi connectivity index (χ0v) is 12.3. The molecule has 2 rings (SSSR count). The van der Waals surface area contributed by atoms with Gasteiger partial charge < -0.3 is 10.2 Å². The third-order valence-electron chi connectivity index (χ3n) is 3.53. The van der Waals surface area contributed by atoms with Gasteiger partial charge in [0.25, 0.3) is 0 Å². The van der Waals surface area contributed by atoms with Crippen molar-refractivity contribution in [2.24, 2.45) is 0 Å². The molecule has 6 heteroatoms. The predicted octanol–water partition coefficient (Wildman–Crippen LogP) is 1.28. The van der Waals surface area contributed by atoms with Crippen molar-refractivity contribution in [3.05, 3.63) is 5.01 Å². The normalized spacial score (nSPS) is 19.9. The molecule has 18 heavy (non-hydrogen) atoms. The first-order valence-corrected chi connectivity index (χ1v) is 7.43. The Morgan fingerprint density at radius 3 is 2.61 bits per heavy atom. The van der Waals surface area contributed by atoms with Gasteiger partial charge in [-0.3, -0.25) is 4.90 Å². The summed E-state index contributed by atoms with van der Waals surface area (Å²) in [5.41, 5.74) is 0. The zero-order valence-electron chi connectivity index (χ0n) is 11.5. The fourth-order valence-corrected chi connectivity index (χ4v) is 2.82. The smallest absolute Gasteiger partial charge is 0.205 e. The van der Waals surface area contributed by atoms with Crippen LogP contribution in [0.3, 0.4) is 0 Å². The van der Waals surface area contributed by atoms with Gasteiger partial charge in [0.15, 0.2) is 0 Å². The Bertz CT molecular complexity index is 359. The Balaban J connectivity index is 1.67. The average Bonchev–Trinajstić information content (AvgIpc) is 2.76. The van der Waals surface area contributed by atoms with Crippen LogP contribution in [0, 0.1) is 6.92 Å². The van der Waals surface area contributed by atoms with Gasteiger partial charge in [-0.25, -0.2) is 0 Å². The number of rotatable bonds is 5. The maximum Gasteiger partial charge on any atom is 0.205 e. The largest absolute Gasteiger partial charge is 0.360 e. The monoisotopic (exact) mass is 269 g/mol. The van der Waals surface area contributed by atoms with E-state index in [1.807, 2.05) is 6.92 Å². The van der Waals surface area contributed by atoms with Crippen LogP contribution < -0.4 is 5.32 Å². The summed E-state index contributed by atoms with van der Waals surface area (Å²) in [6.45, 7) is 10.0. The molecule has 1 aliphatic rings. The summed E-state index contributed by atoms with van der Waals surface area (Å²) in [5, 5.41) is 13.4. The van der Waals surface area contributed by atoms with Gasteiger partial charge in [0.2, 0.25) is 5.13 Å². The van der Waals surface area contributed by atoms with E-state index >= 15 is 0 Å². The number of aromatic nitrogens is 2. The maximum atomic E-state index is 4.07. The van der Waals surface area contributed by atoms with Crippen LogP contribution in [0.25, 0.3) is 0 Å². The number of anilines is 1. The van der Waals surface area contributed by atoms with Crippen LogP contribution in [0.2, 0.25) is 0 Å². The molecule has 1 aliphatic heterocycles. The Labute approximate surface area is 113 Å². The maximum absolute atomic E-state index is 4.07. The molecule has 0 aromatic carbocycles. The molecule has 5 nitrogen and oxygen atoms in total. The van der Waals surface area contributed by atoms with E-state index in [2.05, 4.69) is 39.3 Å². The molecular weight excluding hydrogens is 246 g/mol. The second kappa shape index (κ2) is 6.45. The van der Waals surface area contributed by atoms with Crippen molar-refractivity contribution < 1.29 is 0 Å². The van der Waals surface area contributed by atoms with E-state index in [0.717, 1.165) is 23.1 Å². The highest BCUT2D eigenvalue weighted by atomic mass is 32.1. The summed E-state index contributed by atoms with van der Waals surface area (Å²) >= 11 is 1.62. The van der Waals surface area contributed by atoms with E-state index in [1.165, 1.54) is 26.2 Å². The molecule has 102 valence electrons. The van der Waals surface area contributed by atoms with Gasteiger partial charge in [-0.05, 0) is 27.3 Å². The molecule has 0 saturated carbocycles. The first kappa shape index (κ1) is 13.7. The van der Waals surface area contributed by atoms with E-state index in [4.69, 9.17) is 0 Å². The third-order valence-corrected chi connectivity index (χ3v) is 4.32. The molecule has 0 amide bonds. The Hall–Kier alpha value is -0.720. The minimum atomic E-state index is 0.639. The fraction of sp³-hybridized carbons (Fsp3) is 0.833. The van der Waals surface area contributed by atoms with Crippen LogP contribution in [0.4, 0.5) is 5.13 Å². The van der Waals surface area contributed by atoms with Crippen LogP contribution in [-0.2, 0) is 0 Å². The number of aryl methyl sites for hydroxylation is 1. The number of nitrogens with zero attached hydrogens (tertiary/aromatic N) is 4. The Kier molecular flexibility index (Phi) is 4.91. The summed E-state index contributed by atoms with van der Waals surface area (Å²) in [7, 11) is 2.20. The topological polar surface area (TPSA) is 44.3 Å². The Morgan fingerprint density at radius 1 is 1.28 bits per heavy atom. The molecule has 0 aliphatic carbocycles. The van der Waals surface area contributed by atoms with Crippen LogP contribution in [0.5, 0.6) is 0 Å². The summed E-state index contributed by atoms with van der Waals surface area (Å²) in [6.07, 6.45) is 1.16. The van der Waals surface area contributed by atoms with E-state index in [-0.39, 0.29) is 0 Å². The van der Waals surface area contributed by atoms with Crippen molar-refractivity contribution in [2.75, 3.05) is 45.1 Å². The molecular formula is C12H23N5S. The molecule has 0 spiro atoms. The molecule has 1 unspecified atom stereocenters. The Morgan fingerprint density at radius 2 is 2.00 bits per heavy atom. The molecule has 1 aromatic heterocycles. The summed E-state index contributed by atoms with van der Waals surface area (Å²) in [5.74, 6) is 0. The van der Waals surface area contributed by atoms with Gasteiger partial charge >= 0.3 is 0 Å². The van der Waals surface area contributed by atoms with Gasteiger partial charge in [-0.15, -0.1) is 10.2 Å². The molecule has 0 radical (unpaired) electrons. The molecule has 1 atom stereocenters. The van der Waals surface area contributed by atoms with E-state index in [1.54, 1.807) is 11.3 Å². The molecule has 1 saturated heterocycles. The predicted molar refractivity (Wildman–Crippen MR) is 76.3 cm³/mol. The van der Waals surface area contributed by atoms with Crippen molar-refractivity contribution in [1.29, 1.82) is 0 Å². The van der Waals surface area contributed by atoms with E-state index in [9.17, 15) is 0 Å². The SMILES string of the molecule is Cc1nnc(NCCC(C)N2CCN(C)CC2)s1. The van der Waals surface area contributed by atoms with E-state index < -0.39 is 0 Å². The second-order valence-electron chi connectivity index (χ2n) is 5.03. The average molecular weight is 269 g/mol. The first-order valence-electron chi connectivity index (χ1n) is 6.61. The van der Waals surface area contributed by atoms with Crippen LogP contribution in [0.15, 0.2) is 0 Å². The highest BCUT2D eigenvalue weighted by molar-refractivity contribution is 7.15. The fourth-order valence-electron chi connectivity index (χ4n) is 2.20. The number of likely N-dealkylation sites (N-methyl/N-ethyl adjacent to an activating group) is 1. The van der Waals surface area contributed by atoms with Crippen molar-refractivity contribution in [1.82, 2.24) is 20.0 Å². The zero-order chi connectivity index (χ0) is 13.0. The summed E-state index contributed by atoms with van der Waals surface area (Å²) in [4.78, 5) is 4.97. The highest BCUT2D eigenvalue weighted by Crippen LogP contribution is 2.14. The van der Waals surface area contributed by atoms with Crippen molar-refractivity contribution >= 4 is 16.5 Å². The lowest BCUT2D eigenvalue weighted by molar-refractivity contribution is 0.116. The van der Waals surface area contributed by atoms with Crippen LogP contribution in [0.1, 0.15) is 18.4 Å². The first-order chi connectivity index (χ1) is 8.65. The lowest BCUT2D eigenvalue weighted by Gasteiger charge is -2.36. The second-order valence-corrected chi connectivity index (χ2v) is 6.21. The van der Waals surface area contributed by atoms with Gasteiger partial charge in [0.05, 0.1) is 0 Å². The van der Waals surface area contributed by atoms with Crippen molar-refractivity contribution in [3.8, 4) is 0 Å². The van der Waals surface area contributed by atoms with Crippen LogP contribution >= 0.6 is 11.3 Å². The van der Waals surface area contributed by atoms with Crippen molar-refractivity contribution in [2.45, 2.75) is 26.3 Å². The highest BCUT2D eigenvalue weighted by Gasteiger charge is 2.18. The van der Waals surface area contributed by atoms with Crippen molar-refractivity contribution in [3.63, 3.8) is 0 Å². The lowest BCUT2D eigenvalue weighted by atomic mass is 10.2. The van der Waals surface area contributed by atoms with Crippen LogP contribution in [-0.4, -0.2) is 65.8 Å². The van der Waals surface area contributed by atoms with Gasteiger partial charge in [0.1, 0.15) is 5.01 Å². The number of piperazine rings is 1. The summed E-state index contributed by atoms with van der Waals surface area (Å²) in [6, 6.07) is 0.639. The minimum Gasteiger partial charge on any atom is -0.360 e. The third kappa shape index (κ3) is 3.90. The molecule has 1 N–H and O–H groups in total. The van der Waals surface area contributed by atoms with Gasteiger partial charge in [-0.1, -0.05) is 11.3 Å². The number of hydrogen-bond donors (Lipinski definition) is 1. The quantitative estimate of drug-likeness (QED) is 0.872. The van der Waals surface area contributed by atoms with Gasteiger partial charge in [-0.2, -0.15) is 0 Å². The molecule has 1 aromatic rings. The number of nitrogens with one attached hydrogen (secondary N) is 1. The minimum absolute atomic E-state index is 0.639. The molecule has 1 fully saturated rings.